The van der Waals surface area contributed by atoms with E-state index in [1.165, 1.54) is 0 Å². The second kappa shape index (κ2) is 2.13. The Kier molecular flexibility index (Phi) is 1.45. The van der Waals surface area contributed by atoms with Crippen molar-refractivity contribution in [2.45, 2.75) is 0 Å². The maximum atomic E-state index is 12.2. The molecule has 2 nitrogen and oxygen atoms in total. The van der Waals surface area contributed by atoms with Gasteiger partial charge < -0.3 is 10.8 Å². The van der Waals surface area contributed by atoms with Crippen molar-refractivity contribution in [2.75, 3.05) is 5.73 Å². The summed E-state index contributed by atoms with van der Waals surface area (Å²) >= 11 is 0. The highest BCUT2D eigenvalue weighted by Crippen LogP contribution is 2.21. The van der Waals surface area contributed by atoms with Gasteiger partial charge in [0.15, 0.2) is 17.4 Å². The molecule has 0 fully saturated rings. The quantitative estimate of drug-likeness (QED) is 0.539. The molecule has 0 aliphatic carbocycles. The van der Waals surface area contributed by atoms with E-state index >= 15 is 0 Å². The van der Waals surface area contributed by atoms with Crippen LogP contribution in [0.2, 0.25) is 0 Å². The topological polar surface area (TPSA) is 46.2 Å². The maximum absolute atomic E-state index is 12.2. The zero-order chi connectivity index (χ0) is 7.72. The Morgan fingerprint density at radius 2 is 1.90 bits per heavy atom. The van der Waals surface area contributed by atoms with Crippen LogP contribution < -0.4 is 5.73 Å². The third kappa shape index (κ3) is 1.00. The lowest BCUT2D eigenvalue weighted by atomic mass is 10.3. The normalized spacial score (nSPS) is 9.80. The molecule has 1 rings (SSSR count). The molecular weight excluding hydrogens is 140 g/mol. The summed E-state index contributed by atoms with van der Waals surface area (Å²) in [6.45, 7) is 0. The van der Waals surface area contributed by atoms with Crippen molar-refractivity contribution < 1.29 is 13.9 Å². The fourth-order valence-electron chi connectivity index (χ4n) is 0.595. The van der Waals surface area contributed by atoms with Crippen molar-refractivity contribution in [3.63, 3.8) is 0 Å². The van der Waals surface area contributed by atoms with Gasteiger partial charge in [-0.25, -0.2) is 4.39 Å². The Bertz CT molecular complexity index is 239. The molecule has 3 N–H and O–H groups in total. The molecule has 0 amide bonds. The van der Waals surface area contributed by atoms with Crippen LogP contribution in [-0.4, -0.2) is 5.11 Å². The summed E-state index contributed by atoms with van der Waals surface area (Å²) in [4.78, 5) is 0. The first kappa shape index (κ1) is 6.80. The monoisotopic (exact) mass is 145 g/mol. The van der Waals surface area contributed by atoms with Gasteiger partial charge in [0.25, 0.3) is 0 Å². The van der Waals surface area contributed by atoms with Crippen LogP contribution in [0.4, 0.5) is 14.5 Å². The van der Waals surface area contributed by atoms with Crippen LogP contribution in [-0.2, 0) is 0 Å². The van der Waals surface area contributed by atoms with Gasteiger partial charge in [0.2, 0.25) is 0 Å². The molecule has 0 unspecified atom stereocenters. The molecule has 1 aromatic rings. The Labute approximate surface area is 55.9 Å². The van der Waals surface area contributed by atoms with E-state index in [0.29, 0.717) is 0 Å². The molecule has 0 saturated heterocycles. The molecule has 0 spiro atoms. The van der Waals surface area contributed by atoms with E-state index in [1.54, 1.807) is 0 Å². The third-order valence-electron chi connectivity index (χ3n) is 1.03. The summed E-state index contributed by atoms with van der Waals surface area (Å²) in [5.74, 6) is -3.18. The number of benzene rings is 1. The lowest BCUT2D eigenvalue weighted by Crippen LogP contribution is -1.89. The van der Waals surface area contributed by atoms with Gasteiger partial charge in [0.1, 0.15) is 0 Å². The number of halogens is 2. The van der Waals surface area contributed by atoms with Crippen LogP contribution in [0.15, 0.2) is 12.1 Å². The first-order valence-electron chi connectivity index (χ1n) is 2.54. The average Bonchev–Trinajstić information content (AvgIpc) is 1.82. The molecule has 0 radical (unpaired) electrons. The predicted molar refractivity (Wildman–Crippen MR) is 32.4 cm³/mol. The number of nitrogen functional groups attached to an aromatic ring is 1. The lowest BCUT2D eigenvalue weighted by molar-refractivity contribution is 0.407. The summed E-state index contributed by atoms with van der Waals surface area (Å²) in [6.07, 6.45) is 0. The van der Waals surface area contributed by atoms with Crippen molar-refractivity contribution in [2.24, 2.45) is 0 Å². The Hall–Kier alpha value is -1.32. The lowest BCUT2D eigenvalue weighted by Gasteiger charge is -1.97. The molecule has 4 heteroatoms. The minimum Gasteiger partial charge on any atom is -0.505 e. The molecule has 0 atom stereocenters. The Morgan fingerprint density at radius 1 is 1.30 bits per heavy atom. The fourth-order valence-corrected chi connectivity index (χ4v) is 0.595. The minimum atomic E-state index is -1.27. The number of phenols is 1. The molecular formula is C6H5F2NO. The Morgan fingerprint density at radius 3 is 2.40 bits per heavy atom. The van der Waals surface area contributed by atoms with Gasteiger partial charge in [-0.2, -0.15) is 4.39 Å². The number of hydrogen-bond donors (Lipinski definition) is 2. The molecule has 0 heterocycles. The maximum Gasteiger partial charge on any atom is 0.200 e. The molecule has 1 aromatic carbocycles. The summed E-state index contributed by atoms with van der Waals surface area (Å²) in [5, 5.41) is 8.59. The largest absolute Gasteiger partial charge is 0.505 e. The van der Waals surface area contributed by atoms with E-state index in [0.717, 1.165) is 12.1 Å². The Balaban J connectivity index is 3.31. The first-order chi connectivity index (χ1) is 4.61. The molecule has 0 aliphatic heterocycles. The number of hydrogen-bond acceptors (Lipinski definition) is 2. The average molecular weight is 145 g/mol. The number of rotatable bonds is 0. The van der Waals surface area contributed by atoms with Crippen molar-refractivity contribution in [3.05, 3.63) is 23.8 Å². The van der Waals surface area contributed by atoms with E-state index in [1.807, 2.05) is 0 Å². The summed E-state index contributed by atoms with van der Waals surface area (Å²) < 4.78 is 24.5. The molecule has 54 valence electrons. The highest BCUT2D eigenvalue weighted by molar-refractivity contribution is 5.44. The van der Waals surface area contributed by atoms with Crippen LogP contribution in [0.3, 0.4) is 0 Å². The van der Waals surface area contributed by atoms with Gasteiger partial charge in [-0.05, 0) is 0 Å². The first-order valence-corrected chi connectivity index (χ1v) is 2.54. The van der Waals surface area contributed by atoms with Crippen molar-refractivity contribution in [3.8, 4) is 5.75 Å². The summed E-state index contributed by atoms with van der Waals surface area (Å²) in [6, 6.07) is 1.74. The second-order valence-electron chi connectivity index (χ2n) is 1.84. The van der Waals surface area contributed by atoms with Crippen molar-refractivity contribution >= 4 is 5.69 Å². The number of phenolic OH excluding ortho intramolecular Hbond substituents is 1. The van der Waals surface area contributed by atoms with E-state index in [4.69, 9.17) is 10.8 Å². The van der Waals surface area contributed by atoms with Gasteiger partial charge in [0.05, 0.1) is 0 Å². The van der Waals surface area contributed by atoms with Crippen LogP contribution >= 0.6 is 0 Å². The highest BCUT2D eigenvalue weighted by atomic mass is 19.2. The van der Waals surface area contributed by atoms with Gasteiger partial charge in [-0.15, -0.1) is 0 Å². The molecule has 0 aliphatic rings. The van der Waals surface area contributed by atoms with E-state index in [9.17, 15) is 8.78 Å². The van der Waals surface area contributed by atoms with Crippen molar-refractivity contribution in [1.82, 2.24) is 0 Å². The minimum absolute atomic E-state index is 0.00333. The zero-order valence-corrected chi connectivity index (χ0v) is 4.94. The zero-order valence-electron chi connectivity index (χ0n) is 4.94. The van der Waals surface area contributed by atoms with Gasteiger partial charge in [0, 0.05) is 17.8 Å². The number of anilines is 1. The second-order valence-corrected chi connectivity index (χ2v) is 1.84. The summed E-state index contributed by atoms with van der Waals surface area (Å²) in [7, 11) is 0. The highest BCUT2D eigenvalue weighted by Gasteiger charge is 2.06. The van der Waals surface area contributed by atoms with E-state index < -0.39 is 17.4 Å². The van der Waals surface area contributed by atoms with Crippen LogP contribution in [0.5, 0.6) is 5.75 Å². The fraction of sp³-hybridized carbons (Fsp3) is 0. The van der Waals surface area contributed by atoms with Gasteiger partial charge in [-0.3, -0.25) is 0 Å². The third-order valence-corrected chi connectivity index (χ3v) is 1.03. The summed E-state index contributed by atoms with van der Waals surface area (Å²) in [5.41, 5.74) is 5.06. The van der Waals surface area contributed by atoms with E-state index in [2.05, 4.69) is 0 Å². The molecule has 0 aromatic heterocycles. The smallest absolute Gasteiger partial charge is 0.200 e. The number of aromatic hydroxyl groups is 1. The SMILES string of the molecule is Nc1cc(O)c(F)c(F)c1. The van der Waals surface area contributed by atoms with Crippen LogP contribution in [0, 0.1) is 11.6 Å². The van der Waals surface area contributed by atoms with Crippen LogP contribution in [0.1, 0.15) is 0 Å². The molecule has 10 heavy (non-hydrogen) atoms. The molecule has 0 bridgehead atoms. The van der Waals surface area contributed by atoms with Crippen molar-refractivity contribution in [1.29, 1.82) is 0 Å². The van der Waals surface area contributed by atoms with Gasteiger partial charge >= 0.3 is 0 Å². The van der Waals surface area contributed by atoms with Gasteiger partial charge in [-0.1, -0.05) is 0 Å². The predicted octanol–water partition coefficient (Wildman–Crippen LogP) is 1.25. The van der Waals surface area contributed by atoms with Crippen LogP contribution in [0.25, 0.3) is 0 Å². The van der Waals surface area contributed by atoms with E-state index in [-0.39, 0.29) is 5.69 Å². The standard InChI is InChI=1S/C6H5F2NO/c7-4-1-3(9)2-5(10)6(4)8/h1-2,10H,9H2. The number of nitrogens with two attached hydrogens (primary N) is 1. The molecule has 0 saturated carbocycles.